The van der Waals surface area contributed by atoms with E-state index in [0.29, 0.717) is 23.6 Å². The fourth-order valence-corrected chi connectivity index (χ4v) is 4.26. The average molecular weight is 404 g/mol. The Balaban J connectivity index is 1.94. The van der Waals surface area contributed by atoms with Crippen LogP contribution in [0.25, 0.3) is 10.4 Å². The molecule has 1 heterocycles. The van der Waals surface area contributed by atoms with Crippen molar-refractivity contribution in [3.8, 4) is 10.4 Å². The topological polar surface area (TPSA) is 79.1 Å². The number of benzene rings is 1. The largest absolute Gasteiger partial charge is 0.501 e. The van der Waals surface area contributed by atoms with Crippen molar-refractivity contribution in [3.63, 3.8) is 0 Å². The number of allylic oxidation sites excluding steroid dienone is 4. The molecule has 0 fully saturated rings. The van der Waals surface area contributed by atoms with Gasteiger partial charge in [-0.25, -0.2) is 0 Å². The maximum atomic E-state index is 11.3. The van der Waals surface area contributed by atoms with Crippen LogP contribution >= 0.6 is 22.9 Å². The molecule has 0 bridgehead atoms. The van der Waals surface area contributed by atoms with Crippen molar-refractivity contribution >= 4 is 34.6 Å². The molecular formula is C20H18ClNO4S. The second-order valence-electron chi connectivity index (χ2n) is 6.07. The maximum absolute atomic E-state index is 11.3. The minimum atomic E-state index is -0.878. The summed E-state index contributed by atoms with van der Waals surface area (Å²) in [6, 6.07) is 9.26. The summed E-state index contributed by atoms with van der Waals surface area (Å²) in [5.74, 6) is -0.150. The molecular weight excluding hydrogens is 386 g/mol. The van der Waals surface area contributed by atoms with Gasteiger partial charge in [-0.05, 0) is 41.0 Å². The zero-order chi connectivity index (χ0) is 19.4. The molecule has 2 N–H and O–H groups in total. The first-order valence-electron chi connectivity index (χ1n) is 8.24. The number of carbonyl (C=O) groups is 1. The first-order chi connectivity index (χ1) is 13.0. The van der Waals surface area contributed by atoms with Gasteiger partial charge in [0.1, 0.15) is 5.76 Å². The highest BCUT2D eigenvalue weighted by Crippen LogP contribution is 2.35. The van der Waals surface area contributed by atoms with E-state index in [2.05, 4.69) is 5.16 Å². The Labute approximate surface area is 165 Å². The van der Waals surface area contributed by atoms with Gasteiger partial charge < -0.3 is 15.1 Å². The summed E-state index contributed by atoms with van der Waals surface area (Å²) in [4.78, 5) is 13.2. The molecule has 0 spiro atoms. The Morgan fingerprint density at radius 2 is 2.04 bits per heavy atom. The third kappa shape index (κ3) is 4.59. The number of methoxy groups -OCH3 is 1. The highest BCUT2D eigenvalue weighted by molar-refractivity contribution is 7.15. The molecule has 0 saturated carbocycles. The summed E-state index contributed by atoms with van der Waals surface area (Å²) in [6.45, 7) is 0. The Morgan fingerprint density at radius 3 is 2.67 bits per heavy atom. The summed E-state index contributed by atoms with van der Waals surface area (Å²) in [6.07, 6.45) is 4.65. The van der Waals surface area contributed by atoms with E-state index >= 15 is 0 Å². The van der Waals surface area contributed by atoms with Crippen molar-refractivity contribution in [2.24, 2.45) is 5.16 Å². The molecule has 3 rings (SSSR count). The number of hydrogen-bond acceptors (Lipinski definition) is 5. The lowest BCUT2D eigenvalue weighted by Gasteiger charge is -2.14. The number of nitrogens with zero attached hydrogens (tertiary/aromatic N) is 1. The van der Waals surface area contributed by atoms with Crippen molar-refractivity contribution in [1.82, 2.24) is 0 Å². The Hall–Kier alpha value is -2.57. The van der Waals surface area contributed by atoms with E-state index in [1.165, 1.54) is 11.3 Å². The minimum Gasteiger partial charge on any atom is -0.501 e. The van der Waals surface area contributed by atoms with Crippen molar-refractivity contribution in [1.29, 1.82) is 0 Å². The van der Waals surface area contributed by atoms with Crippen molar-refractivity contribution in [3.05, 3.63) is 69.3 Å². The number of oxime groups is 1. The second-order valence-corrected chi connectivity index (χ2v) is 7.65. The predicted octanol–water partition coefficient (Wildman–Crippen LogP) is 4.93. The molecule has 0 aliphatic heterocycles. The van der Waals surface area contributed by atoms with Gasteiger partial charge in [0.25, 0.3) is 0 Å². The smallest absolute Gasteiger partial charge is 0.307 e. The third-order valence-electron chi connectivity index (χ3n) is 4.24. The first-order valence-corrected chi connectivity index (χ1v) is 9.44. The van der Waals surface area contributed by atoms with Crippen LogP contribution in [0.4, 0.5) is 0 Å². The van der Waals surface area contributed by atoms with E-state index in [1.807, 2.05) is 30.4 Å². The molecule has 0 radical (unpaired) electrons. The highest BCUT2D eigenvalue weighted by atomic mass is 35.5. The Morgan fingerprint density at radius 1 is 1.30 bits per heavy atom. The molecule has 0 amide bonds. The molecule has 5 nitrogen and oxygen atoms in total. The van der Waals surface area contributed by atoms with Gasteiger partial charge in [-0.2, -0.15) is 0 Å². The molecule has 1 aliphatic carbocycles. The minimum absolute atomic E-state index is 0.0534. The second kappa shape index (κ2) is 8.41. The van der Waals surface area contributed by atoms with Crippen LogP contribution in [0.15, 0.2) is 59.0 Å². The molecule has 2 aromatic rings. The summed E-state index contributed by atoms with van der Waals surface area (Å²) in [5.41, 5.74) is 3.12. The first kappa shape index (κ1) is 19.2. The fraction of sp³-hybridized carbons (Fsp3) is 0.200. The standard InChI is InChI=1S/C20H18ClNO4S/c1-26-16-7-4-13(18(11-16)22-25)8-17-9-14(10-19(23)24)20(27-17)12-2-5-15(21)6-3-12/h2-7,9,25H,8,10-11H2,1H3,(H,23,24). The van der Waals surface area contributed by atoms with E-state index in [0.717, 1.165) is 32.2 Å². The van der Waals surface area contributed by atoms with E-state index in [1.54, 1.807) is 19.2 Å². The SMILES string of the molecule is COC1=CC=C(Cc2cc(CC(=O)O)c(-c3ccc(Cl)cc3)s2)C(=NO)C1. The normalized spacial score (nSPS) is 15.4. The summed E-state index contributed by atoms with van der Waals surface area (Å²) in [7, 11) is 1.58. The number of halogens is 1. The van der Waals surface area contributed by atoms with Crippen LogP contribution in [-0.2, 0) is 22.4 Å². The molecule has 1 aliphatic rings. The molecule has 140 valence electrons. The van der Waals surface area contributed by atoms with Gasteiger partial charge in [0, 0.05) is 21.2 Å². The van der Waals surface area contributed by atoms with Crippen LogP contribution in [0.3, 0.4) is 0 Å². The Bertz CT molecular complexity index is 941. The number of ether oxygens (including phenoxy) is 1. The molecule has 1 aromatic carbocycles. The van der Waals surface area contributed by atoms with Crippen LogP contribution in [-0.4, -0.2) is 29.1 Å². The number of hydrogen-bond donors (Lipinski definition) is 2. The van der Waals surface area contributed by atoms with Crippen LogP contribution in [0, 0.1) is 0 Å². The number of carboxylic acid groups (broad SMARTS) is 1. The summed E-state index contributed by atoms with van der Waals surface area (Å²) >= 11 is 7.50. The predicted molar refractivity (Wildman–Crippen MR) is 107 cm³/mol. The molecule has 0 atom stereocenters. The third-order valence-corrected chi connectivity index (χ3v) is 5.72. The molecule has 1 aromatic heterocycles. The lowest BCUT2D eigenvalue weighted by molar-refractivity contribution is -0.136. The summed E-state index contributed by atoms with van der Waals surface area (Å²) in [5, 5.41) is 22.6. The average Bonchev–Trinajstić information content (AvgIpc) is 3.04. The van der Waals surface area contributed by atoms with Crippen LogP contribution < -0.4 is 0 Å². The molecule has 0 saturated heterocycles. The number of thiophene rings is 1. The highest BCUT2D eigenvalue weighted by Gasteiger charge is 2.19. The number of carboxylic acids is 1. The van der Waals surface area contributed by atoms with Crippen LogP contribution in [0.5, 0.6) is 0 Å². The monoisotopic (exact) mass is 403 g/mol. The van der Waals surface area contributed by atoms with E-state index in [-0.39, 0.29) is 6.42 Å². The van der Waals surface area contributed by atoms with Gasteiger partial charge in [-0.3, -0.25) is 4.79 Å². The van der Waals surface area contributed by atoms with Gasteiger partial charge in [0.15, 0.2) is 0 Å². The summed E-state index contributed by atoms with van der Waals surface area (Å²) < 4.78 is 5.21. The zero-order valence-corrected chi connectivity index (χ0v) is 16.2. The lowest BCUT2D eigenvalue weighted by Crippen LogP contribution is -2.11. The van der Waals surface area contributed by atoms with Crippen LogP contribution in [0.1, 0.15) is 16.9 Å². The van der Waals surface area contributed by atoms with Gasteiger partial charge in [0.2, 0.25) is 0 Å². The van der Waals surface area contributed by atoms with Gasteiger partial charge in [0.05, 0.1) is 25.7 Å². The quantitative estimate of drug-likeness (QED) is 0.529. The lowest BCUT2D eigenvalue weighted by atomic mass is 9.97. The van der Waals surface area contributed by atoms with Crippen molar-refractivity contribution in [2.45, 2.75) is 19.3 Å². The van der Waals surface area contributed by atoms with E-state index < -0.39 is 5.97 Å². The molecule has 0 unspecified atom stereocenters. The van der Waals surface area contributed by atoms with E-state index in [4.69, 9.17) is 16.3 Å². The molecule has 27 heavy (non-hydrogen) atoms. The van der Waals surface area contributed by atoms with Crippen molar-refractivity contribution < 1.29 is 19.8 Å². The number of aliphatic carboxylic acids is 1. The maximum Gasteiger partial charge on any atom is 0.307 e. The molecule has 7 heteroatoms. The van der Waals surface area contributed by atoms with Gasteiger partial charge in [-0.1, -0.05) is 35.0 Å². The van der Waals surface area contributed by atoms with Crippen LogP contribution in [0.2, 0.25) is 5.02 Å². The van der Waals surface area contributed by atoms with Gasteiger partial charge >= 0.3 is 5.97 Å². The number of rotatable bonds is 6. The van der Waals surface area contributed by atoms with E-state index in [9.17, 15) is 15.1 Å². The zero-order valence-electron chi connectivity index (χ0n) is 14.6. The van der Waals surface area contributed by atoms with Gasteiger partial charge in [-0.15, -0.1) is 11.3 Å². The van der Waals surface area contributed by atoms with Crippen molar-refractivity contribution in [2.75, 3.05) is 7.11 Å². The Kier molecular flexibility index (Phi) is 5.98. The fourth-order valence-electron chi connectivity index (χ4n) is 2.93.